The van der Waals surface area contributed by atoms with Gasteiger partial charge in [-0.2, -0.15) is 0 Å². The van der Waals surface area contributed by atoms with E-state index in [0.29, 0.717) is 30.2 Å². The van der Waals surface area contributed by atoms with E-state index in [9.17, 15) is 24.8 Å². The van der Waals surface area contributed by atoms with Crippen LogP contribution in [-0.2, 0) is 22.6 Å². The quantitative estimate of drug-likeness (QED) is 0.0418. The summed E-state index contributed by atoms with van der Waals surface area (Å²) in [5, 5.41) is 23.8. The highest BCUT2D eigenvalue weighted by Gasteiger charge is 2.25. The molecule has 0 spiro atoms. The predicted octanol–water partition coefficient (Wildman–Crippen LogP) is 9.39. The molecule has 0 amide bonds. The second-order valence-electron chi connectivity index (χ2n) is 13.7. The average Bonchev–Trinajstić information content (AvgIpc) is 3.17. The average molecular weight is 763 g/mol. The Balaban J connectivity index is 1.43. The second kappa shape index (κ2) is 19.9. The lowest BCUT2D eigenvalue weighted by molar-refractivity contribution is -0.386. The molecule has 12 heteroatoms. The molecule has 292 valence electrons. The highest BCUT2D eigenvalue weighted by atomic mass is 16.7. The van der Waals surface area contributed by atoms with Crippen molar-refractivity contribution in [2.75, 3.05) is 13.1 Å². The van der Waals surface area contributed by atoms with Gasteiger partial charge in [0, 0.05) is 31.6 Å². The van der Waals surface area contributed by atoms with Crippen LogP contribution < -0.4 is 14.2 Å². The van der Waals surface area contributed by atoms with Crippen LogP contribution in [0.3, 0.4) is 0 Å². The Morgan fingerprint density at radius 2 is 1.14 bits per heavy atom. The second-order valence-corrected chi connectivity index (χ2v) is 13.7. The summed E-state index contributed by atoms with van der Waals surface area (Å²) in [4.78, 5) is 38.1. The molecular weight excluding hydrogens is 716 g/mol. The number of hydrogen-bond acceptors (Lipinski definition) is 11. The van der Waals surface area contributed by atoms with Gasteiger partial charge in [-0.3, -0.25) is 15.0 Å². The Morgan fingerprint density at radius 1 is 0.661 bits per heavy atom. The van der Waals surface area contributed by atoms with Crippen molar-refractivity contribution in [3.8, 4) is 17.2 Å². The van der Waals surface area contributed by atoms with E-state index >= 15 is 0 Å². The highest BCUT2D eigenvalue weighted by molar-refractivity contribution is 5.64. The summed E-state index contributed by atoms with van der Waals surface area (Å²) in [5.41, 5.74) is 3.71. The van der Waals surface area contributed by atoms with Gasteiger partial charge in [0.15, 0.2) is 5.75 Å². The summed E-state index contributed by atoms with van der Waals surface area (Å²) in [5.74, 6) is 0.410. The number of aliphatic hydroxyl groups excluding tert-OH is 1. The smallest absolute Gasteiger partial charge is 0.482 e. The van der Waals surface area contributed by atoms with Gasteiger partial charge < -0.3 is 28.8 Å². The number of carbonyl (C=O) groups is 2. The number of hydrogen-bond donors (Lipinski definition) is 1. The van der Waals surface area contributed by atoms with Crippen molar-refractivity contribution in [3.05, 3.63) is 165 Å². The number of nitrogens with zero attached hydrogens (tertiary/aromatic N) is 2. The van der Waals surface area contributed by atoms with Crippen molar-refractivity contribution in [2.24, 2.45) is 0 Å². The van der Waals surface area contributed by atoms with E-state index in [1.165, 1.54) is 12.1 Å². The number of rotatable bonds is 17. The first-order valence-corrected chi connectivity index (χ1v) is 18.3. The summed E-state index contributed by atoms with van der Waals surface area (Å²) in [6.45, 7) is 8.03. The third kappa shape index (κ3) is 12.4. The van der Waals surface area contributed by atoms with E-state index in [0.717, 1.165) is 22.3 Å². The standard InChI is InChI=1S/C44H46N2O10/c1-30(2)53-43(48)55-37-20-15-34(16-21-37)39(35-17-22-38(23-18-35)56-44(49)54-31(3)4)27-45(26-32-11-7-5-8-12-32)28-41(47)36-19-24-42(40(25-36)46(50)51)52-29-33-13-9-6-10-14-33/h5-25,30-31,39,41,47H,26-29H2,1-4H3/t41-/m0/s1. The number of carbonyl (C=O) groups excluding carboxylic acids is 2. The Kier molecular flexibility index (Phi) is 14.5. The van der Waals surface area contributed by atoms with Crippen LogP contribution in [-0.4, -0.2) is 52.5 Å². The molecule has 0 saturated carbocycles. The van der Waals surface area contributed by atoms with Crippen molar-refractivity contribution in [1.29, 1.82) is 0 Å². The lowest BCUT2D eigenvalue weighted by Crippen LogP contribution is -2.33. The summed E-state index contributed by atoms with van der Waals surface area (Å²) < 4.78 is 26.8. The number of nitro benzene ring substituents is 1. The topological polar surface area (TPSA) is 147 Å². The Labute approximate surface area is 326 Å². The molecule has 56 heavy (non-hydrogen) atoms. The van der Waals surface area contributed by atoms with Crippen molar-refractivity contribution < 1.29 is 43.3 Å². The molecule has 0 aliphatic carbocycles. The summed E-state index contributed by atoms with van der Waals surface area (Å²) in [7, 11) is 0. The molecule has 0 aliphatic rings. The number of benzene rings is 5. The molecule has 0 heterocycles. The van der Waals surface area contributed by atoms with Crippen LogP contribution in [0.4, 0.5) is 15.3 Å². The van der Waals surface area contributed by atoms with Gasteiger partial charge in [-0.1, -0.05) is 91.0 Å². The van der Waals surface area contributed by atoms with Gasteiger partial charge in [0.1, 0.15) is 18.1 Å². The van der Waals surface area contributed by atoms with Crippen LogP contribution in [0.25, 0.3) is 0 Å². The molecule has 0 saturated heterocycles. The normalized spacial score (nSPS) is 11.7. The third-order valence-electron chi connectivity index (χ3n) is 8.55. The minimum absolute atomic E-state index is 0.103. The van der Waals surface area contributed by atoms with E-state index in [1.54, 1.807) is 58.0 Å². The molecule has 1 atom stereocenters. The van der Waals surface area contributed by atoms with Crippen LogP contribution in [0.5, 0.6) is 17.2 Å². The van der Waals surface area contributed by atoms with Crippen molar-refractivity contribution in [2.45, 2.75) is 65.1 Å². The van der Waals surface area contributed by atoms with Gasteiger partial charge >= 0.3 is 18.0 Å². The molecular formula is C44H46N2O10. The molecule has 5 rings (SSSR count). The van der Waals surface area contributed by atoms with Crippen molar-refractivity contribution in [3.63, 3.8) is 0 Å². The Bertz CT molecular complexity index is 1950. The van der Waals surface area contributed by atoms with E-state index < -0.39 is 23.3 Å². The van der Waals surface area contributed by atoms with Crippen LogP contribution in [0.1, 0.15) is 67.5 Å². The fourth-order valence-corrected chi connectivity index (χ4v) is 5.96. The van der Waals surface area contributed by atoms with Crippen molar-refractivity contribution in [1.82, 2.24) is 4.90 Å². The fourth-order valence-electron chi connectivity index (χ4n) is 5.96. The molecule has 12 nitrogen and oxygen atoms in total. The molecule has 0 radical (unpaired) electrons. The van der Waals surface area contributed by atoms with E-state index in [-0.39, 0.29) is 42.7 Å². The highest BCUT2D eigenvalue weighted by Crippen LogP contribution is 2.33. The third-order valence-corrected chi connectivity index (χ3v) is 8.55. The lowest BCUT2D eigenvalue weighted by Gasteiger charge is -2.30. The first-order valence-electron chi connectivity index (χ1n) is 18.3. The molecule has 0 unspecified atom stereocenters. The maximum atomic E-state index is 12.2. The van der Waals surface area contributed by atoms with Crippen molar-refractivity contribution >= 4 is 18.0 Å². The first-order chi connectivity index (χ1) is 26.9. The van der Waals surface area contributed by atoms with Gasteiger partial charge in [-0.15, -0.1) is 0 Å². The molecule has 1 N–H and O–H groups in total. The van der Waals surface area contributed by atoms with Crippen LogP contribution >= 0.6 is 0 Å². The first kappa shape index (κ1) is 40.9. The lowest BCUT2D eigenvalue weighted by atomic mass is 9.90. The van der Waals surface area contributed by atoms with E-state index in [4.69, 9.17) is 23.7 Å². The molecule has 5 aromatic rings. The van der Waals surface area contributed by atoms with E-state index in [1.807, 2.05) is 84.9 Å². The minimum atomic E-state index is -1.10. The molecule has 0 aliphatic heterocycles. The Morgan fingerprint density at radius 3 is 1.62 bits per heavy atom. The number of ether oxygens (including phenoxy) is 5. The summed E-state index contributed by atoms with van der Waals surface area (Å²) >= 11 is 0. The fraction of sp³-hybridized carbons (Fsp3) is 0.273. The molecule has 0 bridgehead atoms. The van der Waals surface area contributed by atoms with Gasteiger partial charge in [0.05, 0.1) is 23.2 Å². The van der Waals surface area contributed by atoms with Crippen LogP contribution in [0, 0.1) is 10.1 Å². The van der Waals surface area contributed by atoms with Crippen LogP contribution in [0.2, 0.25) is 0 Å². The van der Waals surface area contributed by atoms with Gasteiger partial charge in [-0.25, -0.2) is 9.59 Å². The zero-order chi connectivity index (χ0) is 40.0. The largest absolute Gasteiger partial charge is 0.514 e. The minimum Gasteiger partial charge on any atom is -0.482 e. The van der Waals surface area contributed by atoms with Gasteiger partial charge in [0.25, 0.3) is 0 Å². The molecule has 0 aromatic heterocycles. The monoisotopic (exact) mass is 762 g/mol. The molecule has 0 fully saturated rings. The maximum Gasteiger partial charge on any atom is 0.514 e. The van der Waals surface area contributed by atoms with Gasteiger partial charge in [0.2, 0.25) is 0 Å². The van der Waals surface area contributed by atoms with Gasteiger partial charge in [-0.05, 0) is 85.8 Å². The van der Waals surface area contributed by atoms with Crippen LogP contribution in [0.15, 0.2) is 127 Å². The maximum absolute atomic E-state index is 12.2. The summed E-state index contributed by atoms with van der Waals surface area (Å²) in [6.07, 6.45) is -3.40. The molecule has 5 aromatic carbocycles. The SMILES string of the molecule is CC(C)OC(=O)Oc1ccc(C(CN(Cc2ccccc2)C[C@H](O)c2ccc(OCc3ccccc3)c([N+](=O)[O-])c2)c2ccc(OC(=O)OC(C)C)cc2)cc1. The van der Waals surface area contributed by atoms with E-state index in [2.05, 4.69) is 4.90 Å². The Hall–Kier alpha value is -6.24. The number of nitro groups is 1. The predicted molar refractivity (Wildman–Crippen MR) is 210 cm³/mol. The summed E-state index contributed by atoms with van der Waals surface area (Å²) in [6, 6.07) is 37.8. The number of aliphatic hydroxyl groups is 1. The zero-order valence-electron chi connectivity index (χ0n) is 31.8. The zero-order valence-corrected chi connectivity index (χ0v) is 31.8.